The van der Waals surface area contributed by atoms with Crippen LogP contribution in [-0.2, 0) is 4.79 Å². The molecule has 0 bridgehead atoms. The van der Waals surface area contributed by atoms with Gasteiger partial charge < -0.3 is 10.0 Å². The van der Waals surface area contributed by atoms with Crippen LogP contribution in [0.3, 0.4) is 0 Å². The normalized spacial score (nSPS) is 23.3. The van der Waals surface area contributed by atoms with Crippen LogP contribution < -0.4 is 0 Å². The van der Waals surface area contributed by atoms with Crippen molar-refractivity contribution in [2.24, 2.45) is 11.3 Å². The van der Waals surface area contributed by atoms with Gasteiger partial charge in [0.2, 0.25) is 5.91 Å². The topological polar surface area (TPSA) is 43.8 Å². The maximum Gasteiger partial charge on any atom is 0.236 e. The van der Waals surface area contributed by atoms with E-state index in [1.54, 1.807) is 0 Å². The van der Waals surface area contributed by atoms with Gasteiger partial charge in [-0.1, -0.05) is 6.92 Å². The standard InChI is InChI=1S/C15H28N2O2/c1-3-15(12-18)6-8-17(9-7-15)11-14(19)16(2)10-13-4-5-13/h13,18H,3-12H2,1-2H3. The quantitative estimate of drug-likeness (QED) is 0.790. The monoisotopic (exact) mass is 268 g/mol. The first kappa shape index (κ1) is 14.8. The van der Waals surface area contributed by atoms with E-state index in [9.17, 15) is 9.90 Å². The first-order chi connectivity index (χ1) is 9.08. The van der Waals surface area contributed by atoms with E-state index in [-0.39, 0.29) is 17.9 Å². The van der Waals surface area contributed by atoms with Gasteiger partial charge in [0.1, 0.15) is 0 Å². The predicted molar refractivity (Wildman–Crippen MR) is 75.8 cm³/mol. The number of nitrogens with zero attached hydrogens (tertiary/aromatic N) is 2. The van der Waals surface area contributed by atoms with Gasteiger partial charge in [0, 0.05) is 20.2 Å². The predicted octanol–water partition coefficient (Wildman–Crippen LogP) is 1.34. The molecule has 0 unspecified atom stereocenters. The number of rotatable bonds is 6. The summed E-state index contributed by atoms with van der Waals surface area (Å²) < 4.78 is 0. The van der Waals surface area contributed by atoms with E-state index in [2.05, 4.69) is 11.8 Å². The van der Waals surface area contributed by atoms with Crippen molar-refractivity contribution in [1.82, 2.24) is 9.80 Å². The number of aliphatic hydroxyl groups excluding tert-OH is 1. The van der Waals surface area contributed by atoms with Gasteiger partial charge in [-0.3, -0.25) is 9.69 Å². The summed E-state index contributed by atoms with van der Waals surface area (Å²) in [5.41, 5.74) is 0.111. The van der Waals surface area contributed by atoms with E-state index in [0.29, 0.717) is 6.54 Å². The lowest BCUT2D eigenvalue weighted by molar-refractivity contribution is -0.132. The van der Waals surface area contributed by atoms with Crippen LogP contribution >= 0.6 is 0 Å². The molecule has 1 heterocycles. The Kier molecular flexibility index (Phi) is 4.85. The van der Waals surface area contributed by atoms with Gasteiger partial charge in [0.05, 0.1) is 6.54 Å². The maximum atomic E-state index is 12.1. The molecular weight excluding hydrogens is 240 g/mol. The summed E-state index contributed by atoms with van der Waals surface area (Å²) in [7, 11) is 1.93. The average Bonchev–Trinajstić information content (AvgIpc) is 3.24. The Morgan fingerprint density at radius 1 is 1.37 bits per heavy atom. The number of hydrogen-bond acceptors (Lipinski definition) is 3. The fourth-order valence-electron chi connectivity index (χ4n) is 2.91. The lowest BCUT2D eigenvalue weighted by atomic mass is 9.77. The van der Waals surface area contributed by atoms with Crippen molar-refractivity contribution in [3.05, 3.63) is 0 Å². The number of carbonyl (C=O) groups excluding carboxylic acids is 1. The molecule has 0 aromatic rings. The number of likely N-dealkylation sites (N-methyl/N-ethyl adjacent to an activating group) is 1. The zero-order valence-corrected chi connectivity index (χ0v) is 12.4. The van der Waals surface area contributed by atoms with Gasteiger partial charge in [0.15, 0.2) is 0 Å². The van der Waals surface area contributed by atoms with Crippen LogP contribution in [0.4, 0.5) is 0 Å². The van der Waals surface area contributed by atoms with E-state index in [1.807, 2.05) is 11.9 Å². The SMILES string of the molecule is CCC1(CO)CCN(CC(=O)N(C)CC2CC2)CC1. The van der Waals surface area contributed by atoms with Crippen molar-refractivity contribution in [2.45, 2.75) is 39.0 Å². The molecule has 1 amide bonds. The molecule has 1 aliphatic carbocycles. The highest BCUT2D eigenvalue weighted by Crippen LogP contribution is 2.34. The molecule has 2 fully saturated rings. The Balaban J connectivity index is 1.73. The molecular formula is C15H28N2O2. The largest absolute Gasteiger partial charge is 0.396 e. The fourth-order valence-corrected chi connectivity index (χ4v) is 2.91. The molecule has 110 valence electrons. The molecule has 19 heavy (non-hydrogen) atoms. The van der Waals surface area contributed by atoms with E-state index >= 15 is 0 Å². The third-order valence-corrected chi connectivity index (χ3v) is 5.02. The lowest BCUT2D eigenvalue weighted by Crippen LogP contribution is -2.46. The minimum atomic E-state index is 0.111. The summed E-state index contributed by atoms with van der Waals surface area (Å²) >= 11 is 0. The average molecular weight is 268 g/mol. The first-order valence-electron chi connectivity index (χ1n) is 7.66. The lowest BCUT2D eigenvalue weighted by Gasteiger charge is -2.40. The summed E-state index contributed by atoms with van der Waals surface area (Å²) in [5.74, 6) is 1.01. The molecule has 1 aliphatic heterocycles. The summed E-state index contributed by atoms with van der Waals surface area (Å²) in [6, 6.07) is 0. The molecule has 0 spiro atoms. The van der Waals surface area contributed by atoms with Gasteiger partial charge in [-0.2, -0.15) is 0 Å². The molecule has 1 N–H and O–H groups in total. The van der Waals surface area contributed by atoms with E-state index in [0.717, 1.165) is 44.8 Å². The van der Waals surface area contributed by atoms with Crippen molar-refractivity contribution in [3.63, 3.8) is 0 Å². The Bertz CT molecular complexity index is 301. The zero-order valence-electron chi connectivity index (χ0n) is 12.4. The van der Waals surface area contributed by atoms with Crippen molar-refractivity contribution >= 4 is 5.91 Å². The number of carbonyl (C=O) groups is 1. The molecule has 4 nitrogen and oxygen atoms in total. The Labute approximate surface area is 116 Å². The molecule has 2 rings (SSSR count). The van der Waals surface area contributed by atoms with Gasteiger partial charge in [-0.05, 0) is 56.5 Å². The molecule has 2 aliphatic rings. The fraction of sp³-hybridized carbons (Fsp3) is 0.933. The molecule has 4 heteroatoms. The highest BCUT2D eigenvalue weighted by molar-refractivity contribution is 5.78. The van der Waals surface area contributed by atoms with Crippen LogP contribution in [0.2, 0.25) is 0 Å². The van der Waals surface area contributed by atoms with E-state index in [1.165, 1.54) is 12.8 Å². The summed E-state index contributed by atoms with van der Waals surface area (Å²) in [6.45, 7) is 5.80. The second-order valence-electron chi connectivity index (χ2n) is 6.51. The Hall–Kier alpha value is -0.610. The van der Waals surface area contributed by atoms with Crippen molar-refractivity contribution in [3.8, 4) is 0 Å². The van der Waals surface area contributed by atoms with Gasteiger partial charge in [0.25, 0.3) is 0 Å². The summed E-state index contributed by atoms with van der Waals surface area (Å²) in [6.07, 6.45) is 5.64. The van der Waals surface area contributed by atoms with Crippen LogP contribution in [0.5, 0.6) is 0 Å². The third-order valence-electron chi connectivity index (χ3n) is 5.02. The van der Waals surface area contributed by atoms with Crippen LogP contribution in [-0.4, -0.2) is 60.6 Å². The number of aliphatic hydroxyl groups is 1. The minimum absolute atomic E-state index is 0.111. The van der Waals surface area contributed by atoms with Gasteiger partial charge in [-0.25, -0.2) is 0 Å². The first-order valence-corrected chi connectivity index (χ1v) is 7.66. The van der Waals surface area contributed by atoms with Crippen LogP contribution in [0, 0.1) is 11.3 Å². The van der Waals surface area contributed by atoms with Gasteiger partial charge in [-0.15, -0.1) is 0 Å². The van der Waals surface area contributed by atoms with Crippen molar-refractivity contribution in [2.75, 3.05) is 39.8 Å². The molecule has 1 saturated heterocycles. The molecule has 0 aromatic heterocycles. The van der Waals surface area contributed by atoms with Gasteiger partial charge >= 0.3 is 0 Å². The molecule has 0 aromatic carbocycles. The minimum Gasteiger partial charge on any atom is -0.396 e. The molecule has 0 atom stereocenters. The maximum absolute atomic E-state index is 12.1. The Morgan fingerprint density at radius 2 is 2.00 bits per heavy atom. The number of likely N-dealkylation sites (tertiary alicyclic amines) is 1. The third kappa shape index (κ3) is 3.93. The second kappa shape index (κ2) is 6.23. The second-order valence-corrected chi connectivity index (χ2v) is 6.51. The highest BCUT2D eigenvalue weighted by atomic mass is 16.3. The van der Waals surface area contributed by atoms with E-state index < -0.39 is 0 Å². The smallest absolute Gasteiger partial charge is 0.236 e. The van der Waals surface area contributed by atoms with Crippen LogP contribution in [0.1, 0.15) is 39.0 Å². The number of amides is 1. The van der Waals surface area contributed by atoms with Crippen molar-refractivity contribution < 1.29 is 9.90 Å². The molecule has 1 saturated carbocycles. The Morgan fingerprint density at radius 3 is 2.47 bits per heavy atom. The van der Waals surface area contributed by atoms with Crippen LogP contribution in [0.15, 0.2) is 0 Å². The van der Waals surface area contributed by atoms with Crippen molar-refractivity contribution in [1.29, 1.82) is 0 Å². The molecule has 0 radical (unpaired) electrons. The number of hydrogen-bond donors (Lipinski definition) is 1. The number of piperidine rings is 1. The van der Waals surface area contributed by atoms with E-state index in [4.69, 9.17) is 0 Å². The highest BCUT2D eigenvalue weighted by Gasteiger charge is 2.33. The summed E-state index contributed by atoms with van der Waals surface area (Å²) in [5, 5.41) is 9.51. The summed E-state index contributed by atoms with van der Waals surface area (Å²) in [4.78, 5) is 16.2. The van der Waals surface area contributed by atoms with Crippen LogP contribution in [0.25, 0.3) is 0 Å². The zero-order chi connectivity index (χ0) is 13.9.